The van der Waals surface area contributed by atoms with Gasteiger partial charge in [0, 0.05) is 42.1 Å². The molecular formula is C19H17ClN4O. The number of carbonyl (C=O) groups is 1. The molecule has 2 aliphatic heterocycles. The zero-order valence-corrected chi connectivity index (χ0v) is 14.8. The molecule has 2 aromatic heterocycles. The molecule has 0 aliphatic carbocycles. The van der Waals surface area contributed by atoms with Crippen LogP contribution in [0.1, 0.15) is 40.5 Å². The molecule has 126 valence electrons. The van der Waals surface area contributed by atoms with Crippen LogP contribution < -0.4 is 4.90 Å². The van der Waals surface area contributed by atoms with E-state index < -0.39 is 0 Å². The smallest absolute Gasteiger partial charge is 0.180 e. The van der Waals surface area contributed by atoms with Gasteiger partial charge in [-0.1, -0.05) is 18.5 Å². The number of ketones is 1. The van der Waals surface area contributed by atoms with E-state index in [4.69, 9.17) is 11.6 Å². The Morgan fingerprint density at radius 3 is 2.88 bits per heavy atom. The normalized spacial score (nSPS) is 15.4. The van der Waals surface area contributed by atoms with Gasteiger partial charge in [0.25, 0.3) is 0 Å². The molecule has 0 radical (unpaired) electrons. The zero-order valence-electron chi connectivity index (χ0n) is 14.1. The number of aryl methyl sites for hydroxylation is 1. The number of aromatic nitrogens is 2. The molecular weight excluding hydrogens is 336 g/mol. The molecule has 0 saturated carbocycles. The number of Topliss-reactive ketones (excluding diaryl/α,β-unsaturated/α-hetero) is 1. The van der Waals surface area contributed by atoms with Crippen molar-refractivity contribution < 1.29 is 4.79 Å². The SMILES string of the molecule is CCC(=O)c1cc(C)c(C2=Cc3cnc(Cl)cc3N3CCN=C23)cn1. The minimum atomic E-state index is 0.0521. The van der Waals surface area contributed by atoms with Gasteiger partial charge >= 0.3 is 0 Å². The van der Waals surface area contributed by atoms with Crippen molar-refractivity contribution in [3.8, 4) is 0 Å². The topological polar surface area (TPSA) is 58.5 Å². The fourth-order valence-corrected chi connectivity index (χ4v) is 3.43. The van der Waals surface area contributed by atoms with E-state index in [1.807, 2.05) is 26.0 Å². The van der Waals surface area contributed by atoms with Crippen LogP contribution in [0.15, 0.2) is 29.5 Å². The number of aliphatic imine (C=N–C) groups is 1. The van der Waals surface area contributed by atoms with E-state index in [9.17, 15) is 4.79 Å². The molecule has 0 amide bonds. The van der Waals surface area contributed by atoms with Gasteiger partial charge in [-0.3, -0.25) is 14.8 Å². The van der Waals surface area contributed by atoms with E-state index in [1.165, 1.54) is 0 Å². The van der Waals surface area contributed by atoms with Gasteiger partial charge in [0.1, 0.15) is 16.7 Å². The minimum Gasteiger partial charge on any atom is -0.324 e. The summed E-state index contributed by atoms with van der Waals surface area (Å²) >= 11 is 6.07. The summed E-state index contributed by atoms with van der Waals surface area (Å²) in [6.07, 6.45) is 6.08. The van der Waals surface area contributed by atoms with Crippen LogP contribution in [0.2, 0.25) is 5.15 Å². The quantitative estimate of drug-likeness (QED) is 0.622. The first kappa shape index (κ1) is 16.0. The summed E-state index contributed by atoms with van der Waals surface area (Å²) in [5.41, 5.74) is 5.56. The average Bonchev–Trinajstić information content (AvgIpc) is 3.11. The summed E-state index contributed by atoms with van der Waals surface area (Å²) in [5, 5.41) is 0.474. The third kappa shape index (κ3) is 2.65. The van der Waals surface area contributed by atoms with Crippen LogP contribution in [-0.2, 0) is 0 Å². The van der Waals surface area contributed by atoms with Crippen molar-refractivity contribution in [1.29, 1.82) is 0 Å². The maximum Gasteiger partial charge on any atom is 0.180 e. The number of nitrogens with zero attached hydrogens (tertiary/aromatic N) is 4. The highest BCUT2D eigenvalue weighted by Gasteiger charge is 2.30. The van der Waals surface area contributed by atoms with Gasteiger partial charge in [-0.2, -0.15) is 0 Å². The van der Waals surface area contributed by atoms with E-state index in [0.29, 0.717) is 17.3 Å². The number of pyridine rings is 2. The molecule has 2 aliphatic rings. The van der Waals surface area contributed by atoms with Crippen molar-refractivity contribution in [3.05, 3.63) is 52.1 Å². The predicted octanol–water partition coefficient (Wildman–Crippen LogP) is 3.80. The van der Waals surface area contributed by atoms with Gasteiger partial charge in [0.05, 0.1) is 12.2 Å². The molecule has 0 fully saturated rings. The maximum absolute atomic E-state index is 11.9. The van der Waals surface area contributed by atoms with Crippen molar-refractivity contribution in [1.82, 2.24) is 9.97 Å². The van der Waals surface area contributed by atoms with E-state index in [1.54, 1.807) is 12.4 Å². The standard InChI is InChI=1S/C19H17ClN4O/c1-3-17(25)15-6-11(2)14(10-22-15)13-7-12-9-23-18(20)8-16(12)24-5-4-21-19(13)24/h6-10H,3-5H2,1-2H3. The van der Waals surface area contributed by atoms with E-state index in [0.717, 1.165) is 46.9 Å². The zero-order chi connectivity index (χ0) is 17.6. The lowest BCUT2D eigenvalue weighted by Crippen LogP contribution is -2.31. The first-order valence-corrected chi connectivity index (χ1v) is 8.66. The predicted molar refractivity (Wildman–Crippen MR) is 100 cm³/mol. The monoisotopic (exact) mass is 352 g/mol. The summed E-state index contributed by atoms with van der Waals surface area (Å²) < 4.78 is 0. The molecule has 0 spiro atoms. The largest absolute Gasteiger partial charge is 0.324 e. The number of carbonyl (C=O) groups excluding carboxylic acids is 1. The van der Waals surface area contributed by atoms with Crippen LogP contribution in [0.4, 0.5) is 5.69 Å². The Morgan fingerprint density at radius 2 is 2.12 bits per heavy atom. The lowest BCUT2D eigenvalue weighted by Gasteiger charge is -2.28. The summed E-state index contributed by atoms with van der Waals surface area (Å²) in [7, 11) is 0. The first-order chi connectivity index (χ1) is 12.1. The molecule has 4 rings (SSSR count). The van der Waals surface area contributed by atoms with E-state index in [2.05, 4.69) is 25.9 Å². The van der Waals surface area contributed by atoms with Crippen LogP contribution in [-0.4, -0.2) is 34.7 Å². The van der Waals surface area contributed by atoms with Crippen LogP contribution in [0.5, 0.6) is 0 Å². The number of hydrogen-bond acceptors (Lipinski definition) is 5. The highest BCUT2D eigenvalue weighted by molar-refractivity contribution is 6.36. The summed E-state index contributed by atoms with van der Waals surface area (Å²) in [4.78, 5) is 27.3. The molecule has 5 nitrogen and oxygen atoms in total. The van der Waals surface area contributed by atoms with Crippen LogP contribution in [0, 0.1) is 6.92 Å². The van der Waals surface area contributed by atoms with Crippen molar-refractivity contribution >= 4 is 40.6 Å². The lowest BCUT2D eigenvalue weighted by atomic mass is 9.95. The second kappa shape index (κ2) is 6.08. The van der Waals surface area contributed by atoms with Crippen molar-refractivity contribution in [2.45, 2.75) is 20.3 Å². The Kier molecular flexibility index (Phi) is 3.88. The second-order valence-corrected chi connectivity index (χ2v) is 6.53. The molecule has 0 unspecified atom stereocenters. The number of rotatable bonds is 3. The van der Waals surface area contributed by atoms with Gasteiger partial charge in [0.2, 0.25) is 0 Å². The van der Waals surface area contributed by atoms with E-state index >= 15 is 0 Å². The molecule has 6 heteroatoms. The van der Waals surface area contributed by atoms with Gasteiger partial charge in [-0.25, -0.2) is 4.98 Å². The summed E-state index contributed by atoms with van der Waals surface area (Å²) in [5.74, 6) is 0.977. The molecule has 0 atom stereocenters. The van der Waals surface area contributed by atoms with Crippen molar-refractivity contribution in [2.75, 3.05) is 18.0 Å². The van der Waals surface area contributed by atoms with Crippen LogP contribution in [0.25, 0.3) is 11.6 Å². The number of anilines is 1. The number of hydrogen-bond donors (Lipinski definition) is 0. The van der Waals surface area contributed by atoms with Gasteiger partial charge in [-0.05, 0) is 30.7 Å². The molecule has 0 bridgehead atoms. The van der Waals surface area contributed by atoms with Crippen molar-refractivity contribution in [2.24, 2.45) is 4.99 Å². The number of amidine groups is 1. The van der Waals surface area contributed by atoms with Crippen LogP contribution >= 0.6 is 11.6 Å². The highest BCUT2D eigenvalue weighted by atomic mass is 35.5. The van der Waals surface area contributed by atoms with E-state index in [-0.39, 0.29) is 5.78 Å². The Hall–Kier alpha value is -2.53. The number of fused-ring (bicyclic) bond motifs is 3. The fourth-order valence-electron chi connectivity index (χ4n) is 3.28. The Morgan fingerprint density at radius 1 is 1.28 bits per heavy atom. The Balaban J connectivity index is 1.85. The molecule has 0 N–H and O–H groups in total. The summed E-state index contributed by atoms with van der Waals surface area (Å²) in [6, 6.07) is 3.73. The molecule has 0 aromatic carbocycles. The molecule has 4 heterocycles. The van der Waals surface area contributed by atoms with Gasteiger partial charge in [-0.15, -0.1) is 0 Å². The van der Waals surface area contributed by atoms with Crippen LogP contribution in [0.3, 0.4) is 0 Å². The lowest BCUT2D eigenvalue weighted by molar-refractivity contribution is 0.0983. The average molecular weight is 353 g/mol. The Labute approximate surface area is 151 Å². The molecule has 25 heavy (non-hydrogen) atoms. The summed E-state index contributed by atoms with van der Waals surface area (Å²) in [6.45, 7) is 5.40. The highest BCUT2D eigenvalue weighted by Crippen LogP contribution is 2.37. The third-order valence-electron chi connectivity index (χ3n) is 4.56. The fraction of sp³-hybridized carbons (Fsp3) is 0.263. The second-order valence-electron chi connectivity index (χ2n) is 6.14. The van der Waals surface area contributed by atoms with Gasteiger partial charge < -0.3 is 4.90 Å². The molecule has 2 aromatic rings. The minimum absolute atomic E-state index is 0.0521. The number of halogens is 1. The first-order valence-electron chi connectivity index (χ1n) is 8.28. The molecule has 0 saturated heterocycles. The Bertz CT molecular complexity index is 948. The van der Waals surface area contributed by atoms with Gasteiger partial charge in [0.15, 0.2) is 5.78 Å². The third-order valence-corrected chi connectivity index (χ3v) is 4.77. The maximum atomic E-state index is 11.9. The van der Waals surface area contributed by atoms with Crippen molar-refractivity contribution in [3.63, 3.8) is 0 Å².